The van der Waals surface area contributed by atoms with Gasteiger partial charge >= 0.3 is 0 Å². The van der Waals surface area contributed by atoms with Gasteiger partial charge in [-0.1, -0.05) is 11.6 Å². The lowest BCUT2D eigenvalue weighted by Gasteiger charge is -2.17. The third-order valence-electron chi connectivity index (χ3n) is 3.33. The zero-order valence-corrected chi connectivity index (χ0v) is 11.1. The Morgan fingerprint density at radius 2 is 1.94 bits per heavy atom. The highest BCUT2D eigenvalue weighted by Crippen LogP contribution is 2.23. The van der Waals surface area contributed by atoms with Crippen LogP contribution in [-0.4, -0.2) is 4.57 Å². The van der Waals surface area contributed by atoms with E-state index in [1.807, 2.05) is 31.2 Å². The van der Waals surface area contributed by atoms with Crippen molar-refractivity contribution in [1.82, 2.24) is 4.57 Å². The third kappa shape index (κ3) is 1.80. The Bertz CT molecular complexity index is 718. The molecule has 0 bridgehead atoms. The van der Waals surface area contributed by atoms with Gasteiger partial charge < -0.3 is 4.57 Å². The molecular weight excluding hydrogens is 224 g/mol. The molecule has 3 nitrogen and oxygen atoms in total. The number of pyridine rings is 1. The van der Waals surface area contributed by atoms with E-state index in [1.54, 1.807) is 25.5 Å². The first-order valence-electron chi connectivity index (χ1n) is 5.89. The van der Waals surface area contributed by atoms with E-state index in [0.717, 1.165) is 16.5 Å². The van der Waals surface area contributed by atoms with Crippen LogP contribution in [0.2, 0.25) is 0 Å². The maximum Gasteiger partial charge on any atom is 0.255 e. The smallest absolute Gasteiger partial charge is 0.255 e. The first-order valence-corrected chi connectivity index (χ1v) is 5.89. The average Bonchev–Trinajstić information content (AvgIpc) is 2.33. The summed E-state index contributed by atoms with van der Waals surface area (Å²) in [6, 6.07) is 9.99. The maximum atomic E-state index is 12.3. The van der Waals surface area contributed by atoms with Crippen LogP contribution in [0.3, 0.4) is 0 Å². The summed E-state index contributed by atoms with van der Waals surface area (Å²) in [5.74, 6) is 0. The van der Waals surface area contributed by atoms with Gasteiger partial charge in [0.1, 0.15) is 0 Å². The Morgan fingerprint density at radius 3 is 2.56 bits per heavy atom. The monoisotopic (exact) mass is 240 g/mol. The molecule has 2 rings (SSSR count). The first-order chi connectivity index (χ1) is 8.36. The molecule has 0 aliphatic rings. The second-order valence-corrected chi connectivity index (χ2v) is 5.22. The van der Waals surface area contributed by atoms with Gasteiger partial charge in [-0.3, -0.25) is 4.79 Å². The molecular formula is C15H16N2O. The normalized spacial score (nSPS) is 11.5. The SMILES string of the molecule is Cc1ccc2c(c1)cc(C(C)(C)C#N)c(=O)n2C. The van der Waals surface area contributed by atoms with Crippen LogP contribution in [0.1, 0.15) is 25.0 Å². The van der Waals surface area contributed by atoms with E-state index in [0.29, 0.717) is 5.56 Å². The molecule has 2 aromatic rings. The molecule has 0 unspecified atom stereocenters. The van der Waals surface area contributed by atoms with Crippen molar-refractivity contribution in [2.24, 2.45) is 7.05 Å². The van der Waals surface area contributed by atoms with Gasteiger partial charge in [0.15, 0.2) is 0 Å². The second kappa shape index (κ2) is 3.99. The molecule has 1 aromatic carbocycles. The number of fused-ring (bicyclic) bond motifs is 1. The molecule has 0 N–H and O–H groups in total. The van der Waals surface area contributed by atoms with Crippen molar-refractivity contribution in [3.8, 4) is 6.07 Å². The van der Waals surface area contributed by atoms with Gasteiger partial charge in [0.25, 0.3) is 5.56 Å². The second-order valence-electron chi connectivity index (χ2n) is 5.22. The molecule has 0 saturated carbocycles. The highest BCUT2D eigenvalue weighted by Gasteiger charge is 2.24. The summed E-state index contributed by atoms with van der Waals surface area (Å²) < 4.78 is 1.61. The van der Waals surface area contributed by atoms with Crippen LogP contribution in [0.15, 0.2) is 29.1 Å². The Labute approximate surface area is 106 Å². The van der Waals surface area contributed by atoms with Crippen molar-refractivity contribution < 1.29 is 0 Å². The molecule has 0 atom stereocenters. The van der Waals surface area contributed by atoms with Crippen LogP contribution >= 0.6 is 0 Å². The van der Waals surface area contributed by atoms with Crippen molar-refractivity contribution in [3.63, 3.8) is 0 Å². The van der Waals surface area contributed by atoms with Crippen LogP contribution in [0.4, 0.5) is 0 Å². The quantitative estimate of drug-likeness (QED) is 0.769. The number of aromatic nitrogens is 1. The summed E-state index contributed by atoms with van der Waals surface area (Å²) in [5, 5.41) is 10.2. The van der Waals surface area contributed by atoms with E-state index in [4.69, 9.17) is 0 Å². The molecule has 1 heterocycles. The fraction of sp³-hybridized carbons (Fsp3) is 0.333. The molecule has 3 heteroatoms. The van der Waals surface area contributed by atoms with Crippen molar-refractivity contribution in [2.75, 3.05) is 0 Å². The summed E-state index contributed by atoms with van der Waals surface area (Å²) in [4.78, 5) is 12.3. The molecule has 92 valence electrons. The Balaban J connectivity index is 2.91. The fourth-order valence-corrected chi connectivity index (χ4v) is 2.11. The van der Waals surface area contributed by atoms with Gasteiger partial charge in [-0.15, -0.1) is 0 Å². The predicted molar refractivity (Wildman–Crippen MR) is 72.6 cm³/mol. The summed E-state index contributed by atoms with van der Waals surface area (Å²) in [6.45, 7) is 5.55. The number of benzene rings is 1. The van der Waals surface area contributed by atoms with E-state index in [-0.39, 0.29) is 5.56 Å². The summed E-state index contributed by atoms with van der Waals surface area (Å²) in [5.41, 5.74) is 1.71. The van der Waals surface area contributed by atoms with Crippen molar-refractivity contribution >= 4 is 10.9 Å². The van der Waals surface area contributed by atoms with Gasteiger partial charge in [-0.25, -0.2) is 0 Å². The molecule has 0 radical (unpaired) electrons. The summed E-state index contributed by atoms with van der Waals surface area (Å²) in [7, 11) is 1.75. The minimum atomic E-state index is -0.771. The molecule has 0 aliphatic heterocycles. The Morgan fingerprint density at radius 1 is 1.28 bits per heavy atom. The lowest BCUT2D eigenvalue weighted by atomic mass is 9.86. The first kappa shape index (κ1) is 12.4. The minimum absolute atomic E-state index is 0.0992. The van der Waals surface area contributed by atoms with Crippen LogP contribution < -0.4 is 5.56 Å². The van der Waals surface area contributed by atoms with Crippen LogP contribution in [0.5, 0.6) is 0 Å². The predicted octanol–water partition coefficient (Wildman–Crippen LogP) is 2.65. The van der Waals surface area contributed by atoms with Gasteiger partial charge in [0, 0.05) is 12.6 Å². The zero-order chi connectivity index (χ0) is 13.5. The van der Waals surface area contributed by atoms with E-state index < -0.39 is 5.41 Å². The van der Waals surface area contributed by atoms with Gasteiger partial charge in [-0.2, -0.15) is 5.26 Å². The molecule has 0 saturated heterocycles. The molecule has 18 heavy (non-hydrogen) atoms. The van der Waals surface area contributed by atoms with E-state index in [9.17, 15) is 10.1 Å². The lowest BCUT2D eigenvalue weighted by molar-refractivity contribution is 0.665. The number of nitrogens with zero attached hydrogens (tertiary/aromatic N) is 2. The van der Waals surface area contributed by atoms with E-state index in [1.165, 1.54) is 0 Å². The van der Waals surface area contributed by atoms with Crippen molar-refractivity contribution in [3.05, 3.63) is 45.7 Å². The van der Waals surface area contributed by atoms with Gasteiger partial charge in [-0.05, 0) is 44.4 Å². The van der Waals surface area contributed by atoms with E-state index in [2.05, 4.69) is 6.07 Å². The zero-order valence-electron chi connectivity index (χ0n) is 11.1. The minimum Gasteiger partial charge on any atom is -0.311 e. The van der Waals surface area contributed by atoms with Crippen LogP contribution in [-0.2, 0) is 12.5 Å². The summed E-state index contributed by atoms with van der Waals surface area (Å²) in [6.07, 6.45) is 0. The lowest BCUT2D eigenvalue weighted by Crippen LogP contribution is -2.30. The largest absolute Gasteiger partial charge is 0.311 e. The van der Waals surface area contributed by atoms with Gasteiger partial charge in [0.2, 0.25) is 0 Å². The van der Waals surface area contributed by atoms with Crippen molar-refractivity contribution in [1.29, 1.82) is 5.26 Å². The fourth-order valence-electron chi connectivity index (χ4n) is 2.11. The Hall–Kier alpha value is -2.08. The highest BCUT2D eigenvalue weighted by atomic mass is 16.1. The maximum absolute atomic E-state index is 12.3. The van der Waals surface area contributed by atoms with Gasteiger partial charge in [0.05, 0.1) is 17.0 Å². The third-order valence-corrected chi connectivity index (χ3v) is 3.33. The summed E-state index contributed by atoms with van der Waals surface area (Å²) >= 11 is 0. The average molecular weight is 240 g/mol. The number of hydrogen-bond donors (Lipinski definition) is 0. The Kier molecular flexibility index (Phi) is 2.74. The number of rotatable bonds is 1. The van der Waals surface area contributed by atoms with Crippen molar-refractivity contribution in [2.45, 2.75) is 26.2 Å². The topological polar surface area (TPSA) is 45.8 Å². The number of hydrogen-bond acceptors (Lipinski definition) is 2. The number of aryl methyl sites for hydroxylation is 2. The van der Waals surface area contributed by atoms with Crippen LogP contribution in [0.25, 0.3) is 10.9 Å². The molecule has 0 spiro atoms. The molecule has 0 fully saturated rings. The standard InChI is InChI=1S/C15H16N2O/c1-10-5-6-13-11(7-10)8-12(14(18)17(13)4)15(2,3)9-16/h5-8H,1-4H3. The van der Waals surface area contributed by atoms with Crippen LogP contribution in [0, 0.1) is 18.3 Å². The molecule has 0 amide bonds. The molecule has 1 aromatic heterocycles. The highest BCUT2D eigenvalue weighted by molar-refractivity contribution is 5.80. The van der Waals surface area contributed by atoms with E-state index >= 15 is 0 Å². The number of nitriles is 1. The molecule has 0 aliphatic carbocycles.